The second-order valence-corrected chi connectivity index (χ2v) is 7.00. The Labute approximate surface area is 176 Å². The van der Waals surface area contributed by atoms with Gasteiger partial charge in [-0.1, -0.05) is 42.5 Å². The summed E-state index contributed by atoms with van der Waals surface area (Å²) in [5.74, 6) is 2.15. The van der Waals surface area contributed by atoms with Gasteiger partial charge in [-0.3, -0.25) is 4.79 Å². The maximum atomic E-state index is 12.7. The van der Waals surface area contributed by atoms with Gasteiger partial charge in [0, 0.05) is 16.7 Å². The Kier molecular flexibility index (Phi) is 5.62. The number of carbonyl (C=O) groups excluding carboxylic acids is 1. The molecule has 0 amide bonds. The third-order valence-corrected chi connectivity index (χ3v) is 5.02. The van der Waals surface area contributed by atoms with Crippen LogP contribution in [-0.4, -0.2) is 12.9 Å². The summed E-state index contributed by atoms with van der Waals surface area (Å²) in [5.41, 5.74) is 4.59. The zero-order valence-corrected chi connectivity index (χ0v) is 17.0. The average Bonchev–Trinajstić information content (AvgIpc) is 2.80. The van der Waals surface area contributed by atoms with Crippen LogP contribution in [-0.2, 0) is 0 Å². The van der Waals surface area contributed by atoms with Crippen molar-refractivity contribution >= 4 is 5.78 Å². The summed E-state index contributed by atoms with van der Waals surface area (Å²) in [6.45, 7) is 2.09. The number of rotatable bonds is 6. The smallest absolute Gasteiger partial charge is 0.193 e. The summed E-state index contributed by atoms with van der Waals surface area (Å²) in [6, 6.07) is 30.5. The van der Waals surface area contributed by atoms with Crippen LogP contribution in [0.1, 0.15) is 21.5 Å². The van der Waals surface area contributed by atoms with Gasteiger partial charge in [-0.15, -0.1) is 0 Å². The summed E-state index contributed by atoms with van der Waals surface area (Å²) >= 11 is 0. The van der Waals surface area contributed by atoms with Crippen molar-refractivity contribution in [2.45, 2.75) is 6.92 Å². The first-order valence-corrected chi connectivity index (χ1v) is 9.77. The highest BCUT2D eigenvalue weighted by atomic mass is 16.5. The van der Waals surface area contributed by atoms with Crippen molar-refractivity contribution in [3.05, 3.63) is 114 Å². The van der Waals surface area contributed by atoms with Crippen LogP contribution < -0.4 is 9.47 Å². The number of hydrogen-bond acceptors (Lipinski definition) is 3. The highest BCUT2D eigenvalue weighted by molar-refractivity contribution is 6.09. The molecular weight excluding hydrogens is 372 g/mol. The van der Waals surface area contributed by atoms with Gasteiger partial charge in [0.1, 0.15) is 17.2 Å². The van der Waals surface area contributed by atoms with E-state index in [0.29, 0.717) is 16.9 Å². The standard InChI is InChI=1S/C27H22O3/c1-19-7-3-4-8-24(19)25-9-5-6-10-26(25)30-23-17-13-21(14-18-23)27(28)20-11-15-22(29-2)16-12-20/h3-18H,1-2H3. The molecule has 0 saturated carbocycles. The van der Waals surface area contributed by atoms with Crippen molar-refractivity contribution in [3.63, 3.8) is 0 Å². The molecule has 0 unspecified atom stereocenters. The Morgan fingerprint density at radius 1 is 0.633 bits per heavy atom. The second kappa shape index (κ2) is 8.66. The topological polar surface area (TPSA) is 35.5 Å². The van der Waals surface area contributed by atoms with Crippen molar-refractivity contribution in [2.75, 3.05) is 7.11 Å². The van der Waals surface area contributed by atoms with E-state index in [2.05, 4.69) is 25.1 Å². The molecule has 3 heteroatoms. The SMILES string of the molecule is COc1ccc(C(=O)c2ccc(Oc3ccccc3-c3ccccc3C)cc2)cc1. The molecule has 0 N–H and O–H groups in total. The van der Waals surface area contributed by atoms with Crippen molar-refractivity contribution in [3.8, 4) is 28.4 Å². The normalized spacial score (nSPS) is 10.5. The molecule has 0 bridgehead atoms. The Bertz CT molecular complexity index is 1160. The molecule has 148 valence electrons. The summed E-state index contributed by atoms with van der Waals surface area (Å²) in [4.78, 5) is 12.7. The van der Waals surface area contributed by atoms with Crippen LogP contribution in [0.4, 0.5) is 0 Å². The minimum absolute atomic E-state index is 0.0375. The molecule has 0 radical (unpaired) electrons. The monoisotopic (exact) mass is 394 g/mol. The first-order valence-electron chi connectivity index (χ1n) is 9.77. The van der Waals surface area contributed by atoms with Gasteiger partial charge in [0.05, 0.1) is 7.11 Å². The van der Waals surface area contributed by atoms with E-state index in [0.717, 1.165) is 22.6 Å². The summed E-state index contributed by atoms with van der Waals surface area (Å²) in [5, 5.41) is 0. The molecule has 30 heavy (non-hydrogen) atoms. The first kappa shape index (κ1) is 19.5. The molecule has 0 aliphatic heterocycles. The first-order chi connectivity index (χ1) is 14.7. The number of ketones is 1. The lowest BCUT2D eigenvalue weighted by atomic mass is 10.00. The maximum absolute atomic E-state index is 12.7. The Morgan fingerprint density at radius 3 is 1.77 bits per heavy atom. The number of ether oxygens (including phenoxy) is 2. The Morgan fingerprint density at radius 2 is 1.17 bits per heavy atom. The van der Waals surface area contributed by atoms with Crippen LogP contribution in [0.3, 0.4) is 0 Å². The zero-order valence-electron chi connectivity index (χ0n) is 17.0. The minimum atomic E-state index is -0.0375. The van der Waals surface area contributed by atoms with Gasteiger partial charge >= 0.3 is 0 Å². The van der Waals surface area contributed by atoms with Gasteiger partial charge in [-0.25, -0.2) is 0 Å². The molecule has 0 aliphatic rings. The molecule has 4 rings (SSSR count). The molecule has 0 aromatic heterocycles. The molecule has 4 aromatic rings. The zero-order chi connectivity index (χ0) is 20.9. The van der Waals surface area contributed by atoms with E-state index >= 15 is 0 Å². The van der Waals surface area contributed by atoms with E-state index in [1.54, 1.807) is 43.5 Å². The van der Waals surface area contributed by atoms with E-state index < -0.39 is 0 Å². The number of para-hydroxylation sites is 1. The predicted octanol–water partition coefficient (Wildman–Crippen LogP) is 6.69. The van der Waals surface area contributed by atoms with Crippen molar-refractivity contribution in [2.24, 2.45) is 0 Å². The fraction of sp³-hybridized carbons (Fsp3) is 0.0741. The maximum Gasteiger partial charge on any atom is 0.193 e. The lowest BCUT2D eigenvalue weighted by Gasteiger charge is -2.13. The number of aryl methyl sites for hydroxylation is 1. The van der Waals surface area contributed by atoms with Gasteiger partial charge < -0.3 is 9.47 Å². The van der Waals surface area contributed by atoms with Crippen LogP contribution >= 0.6 is 0 Å². The third-order valence-electron chi connectivity index (χ3n) is 5.02. The Hall–Kier alpha value is -3.85. The van der Waals surface area contributed by atoms with Crippen molar-refractivity contribution in [1.82, 2.24) is 0 Å². The minimum Gasteiger partial charge on any atom is -0.497 e. The lowest BCUT2D eigenvalue weighted by molar-refractivity contribution is 0.103. The van der Waals surface area contributed by atoms with Crippen LogP contribution in [0.15, 0.2) is 97.1 Å². The Balaban J connectivity index is 1.56. The van der Waals surface area contributed by atoms with Gasteiger partial charge in [0.2, 0.25) is 0 Å². The largest absolute Gasteiger partial charge is 0.497 e. The molecule has 3 nitrogen and oxygen atoms in total. The average molecular weight is 394 g/mol. The summed E-state index contributed by atoms with van der Waals surface area (Å²) in [7, 11) is 1.60. The van der Waals surface area contributed by atoms with E-state index in [9.17, 15) is 4.79 Å². The third kappa shape index (κ3) is 4.11. The van der Waals surface area contributed by atoms with Crippen molar-refractivity contribution in [1.29, 1.82) is 0 Å². The molecule has 0 atom stereocenters. The van der Waals surface area contributed by atoms with Gasteiger partial charge in [0.15, 0.2) is 5.78 Å². The summed E-state index contributed by atoms with van der Waals surface area (Å²) < 4.78 is 11.3. The van der Waals surface area contributed by atoms with Gasteiger partial charge in [-0.05, 0) is 72.6 Å². The number of benzene rings is 4. The molecule has 0 saturated heterocycles. The van der Waals surface area contributed by atoms with E-state index in [1.165, 1.54) is 5.56 Å². The molecule has 4 aromatic carbocycles. The lowest BCUT2D eigenvalue weighted by Crippen LogP contribution is -2.01. The second-order valence-electron chi connectivity index (χ2n) is 7.00. The summed E-state index contributed by atoms with van der Waals surface area (Å²) in [6.07, 6.45) is 0. The fourth-order valence-electron chi connectivity index (χ4n) is 3.36. The number of carbonyl (C=O) groups is 1. The van der Waals surface area contributed by atoms with E-state index in [4.69, 9.17) is 9.47 Å². The molecule has 0 spiro atoms. The van der Waals surface area contributed by atoms with E-state index in [1.807, 2.05) is 42.5 Å². The van der Waals surface area contributed by atoms with Crippen LogP contribution in [0, 0.1) is 6.92 Å². The van der Waals surface area contributed by atoms with Crippen LogP contribution in [0.5, 0.6) is 17.2 Å². The molecule has 0 aliphatic carbocycles. The highest BCUT2D eigenvalue weighted by Gasteiger charge is 2.11. The quantitative estimate of drug-likeness (QED) is 0.342. The van der Waals surface area contributed by atoms with Crippen LogP contribution in [0.25, 0.3) is 11.1 Å². The van der Waals surface area contributed by atoms with E-state index in [-0.39, 0.29) is 5.78 Å². The number of hydrogen-bond donors (Lipinski definition) is 0. The molecule has 0 heterocycles. The predicted molar refractivity (Wildman–Crippen MR) is 120 cm³/mol. The van der Waals surface area contributed by atoms with Gasteiger partial charge in [0.25, 0.3) is 0 Å². The highest BCUT2D eigenvalue weighted by Crippen LogP contribution is 2.35. The van der Waals surface area contributed by atoms with Gasteiger partial charge in [-0.2, -0.15) is 0 Å². The van der Waals surface area contributed by atoms with Crippen LogP contribution in [0.2, 0.25) is 0 Å². The molecule has 0 fully saturated rings. The van der Waals surface area contributed by atoms with Crippen molar-refractivity contribution < 1.29 is 14.3 Å². The number of methoxy groups -OCH3 is 1. The molecular formula is C27H22O3. The fourth-order valence-corrected chi connectivity index (χ4v) is 3.36.